The molecule has 1 heterocycles. The topological polar surface area (TPSA) is 21.3 Å². The van der Waals surface area contributed by atoms with Gasteiger partial charge >= 0.3 is 0 Å². The second-order valence-corrected chi connectivity index (χ2v) is 7.58. The summed E-state index contributed by atoms with van der Waals surface area (Å²) in [5.74, 6) is 0.848. The number of benzene rings is 1. The standard InChI is InChI=1S/C15H15BrClNOS/c1-19-11-6-9(16)5-10(7-11)18-13-3-2-4-14-12(13)8-15(17)20-14/h5-8,13,18H,2-4H2,1H3. The van der Waals surface area contributed by atoms with E-state index >= 15 is 0 Å². The fourth-order valence-corrected chi connectivity index (χ4v) is 4.49. The van der Waals surface area contributed by atoms with Crippen LogP contribution in [0.2, 0.25) is 4.34 Å². The third kappa shape index (κ3) is 2.97. The molecular formula is C15H15BrClNOS. The van der Waals surface area contributed by atoms with Gasteiger partial charge in [-0.3, -0.25) is 0 Å². The monoisotopic (exact) mass is 371 g/mol. The molecule has 1 aliphatic rings. The normalized spacial score (nSPS) is 17.6. The SMILES string of the molecule is COc1cc(Br)cc(NC2CCCc3sc(Cl)cc32)c1. The predicted molar refractivity (Wildman–Crippen MR) is 89.3 cm³/mol. The molecule has 5 heteroatoms. The van der Waals surface area contributed by atoms with Crippen molar-refractivity contribution >= 4 is 44.6 Å². The first-order valence-corrected chi connectivity index (χ1v) is 8.53. The minimum absolute atomic E-state index is 0.335. The van der Waals surface area contributed by atoms with Crippen molar-refractivity contribution in [3.8, 4) is 5.75 Å². The molecule has 2 aromatic rings. The molecule has 0 bridgehead atoms. The Balaban J connectivity index is 1.87. The van der Waals surface area contributed by atoms with E-state index in [1.54, 1.807) is 18.4 Å². The molecule has 2 nitrogen and oxygen atoms in total. The number of fused-ring (bicyclic) bond motifs is 1. The smallest absolute Gasteiger partial charge is 0.122 e. The Morgan fingerprint density at radius 2 is 2.20 bits per heavy atom. The third-order valence-electron chi connectivity index (χ3n) is 3.53. The second-order valence-electron chi connectivity index (χ2n) is 4.90. The summed E-state index contributed by atoms with van der Waals surface area (Å²) in [5.41, 5.74) is 2.42. The summed E-state index contributed by atoms with van der Waals surface area (Å²) in [7, 11) is 1.68. The Morgan fingerprint density at radius 3 is 3.00 bits per heavy atom. The van der Waals surface area contributed by atoms with Crippen molar-refractivity contribution in [2.45, 2.75) is 25.3 Å². The molecule has 20 heavy (non-hydrogen) atoms. The predicted octanol–water partition coefficient (Wildman–Crippen LogP) is 5.66. The van der Waals surface area contributed by atoms with E-state index in [0.29, 0.717) is 6.04 Å². The lowest BCUT2D eigenvalue weighted by atomic mass is 9.94. The van der Waals surface area contributed by atoms with Crippen molar-refractivity contribution in [1.29, 1.82) is 0 Å². The molecule has 0 amide bonds. The van der Waals surface area contributed by atoms with E-state index in [1.807, 2.05) is 12.1 Å². The highest BCUT2D eigenvalue weighted by Gasteiger charge is 2.22. The van der Waals surface area contributed by atoms with Crippen molar-refractivity contribution < 1.29 is 4.74 Å². The fraction of sp³-hybridized carbons (Fsp3) is 0.333. The van der Waals surface area contributed by atoms with Crippen LogP contribution in [0.1, 0.15) is 29.3 Å². The number of thiophene rings is 1. The van der Waals surface area contributed by atoms with Gasteiger partial charge in [-0.05, 0) is 43.0 Å². The Kier molecular flexibility index (Phi) is 4.24. The van der Waals surface area contributed by atoms with E-state index < -0.39 is 0 Å². The summed E-state index contributed by atoms with van der Waals surface area (Å²) in [6, 6.07) is 8.49. The zero-order valence-electron chi connectivity index (χ0n) is 11.1. The summed E-state index contributed by atoms with van der Waals surface area (Å²) < 4.78 is 7.21. The third-order valence-corrected chi connectivity index (χ3v) is 5.33. The van der Waals surface area contributed by atoms with Crippen LogP contribution in [0.25, 0.3) is 0 Å². The van der Waals surface area contributed by atoms with Gasteiger partial charge in [0.2, 0.25) is 0 Å². The van der Waals surface area contributed by atoms with Gasteiger partial charge in [0.15, 0.2) is 0 Å². The lowest BCUT2D eigenvalue weighted by Gasteiger charge is -2.25. The summed E-state index contributed by atoms with van der Waals surface area (Å²) in [5, 5.41) is 3.60. The van der Waals surface area contributed by atoms with Gasteiger partial charge in [-0.15, -0.1) is 11.3 Å². The molecule has 106 valence electrons. The molecular weight excluding hydrogens is 358 g/mol. The zero-order chi connectivity index (χ0) is 14.1. The van der Waals surface area contributed by atoms with Crippen LogP contribution in [0, 0.1) is 0 Å². The van der Waals surface area contributed by atoms with Crippen LogP contribution >= 0.6 is 38.9 Å². The molecule has 1 aliphatic carbocycles. The minimum Gasteiger partial charge on any atom is -0.497 e. The number of halogens is 2. The maximum Gasteiger partial charge on any atom is 0.122 e. The molecule has 0 aliphatic heterocycles. The maximum absolute atomic E-state index is 6.16. The van der Waals surface area contributed by atoms with Crippen LogP contribution in [0.3, 0.4) is 0 Å². The number of hydrogen-bond acceptors (Lipinski definition) is 3. The van der Waals surface area contributed by atoms with Gasteiger partial charge in [0.1, 0.15) is 5.75 Å². The van der Waals surface area contributed by atoms with E-state index in [0.717, 1.165) is 33.1 Å². The van der Waals surface area contributed by atoms with Gasteiger partial charge in [0, 0.05) is 21.1 Å². The zero-order valence-corrected chi connectivity index (χ0v) is 14.2. The highest BCUT2D eigenvalue weighted by molar-refractivity contribution is 9.10. The van der Waals surface area contributed by atoms with Crippen LogP contribution in [0.5, 0.6) is 5.75 Å². The number of rotatable bonds is 3. The number of nitrogens with one attached hydrogen (secondary N) is 1. The lowest BCUT2D eigenvalue weighted by molar-refractivity contribution is 0.414. The Labute approximate surface area is 136 Å². The summed E-state index contributed by atoms with van der Waals surface area (Å²) in [6.07, 6.45) is 3.48. The first-order valence-electron chi connectivity index (χ1n) is 6.55. The molecule has 0 spiro atoms. The highest BCUT2D eigenvalue weighted by Crippen LogP contribution is 2.40. The molecule has 1 atom stereocenters. The molecule has 1 N–H and O–H groups in total. The quantitative estimate of drug-likeness (QED) is 0.750. The van der Waals surface area contributed by atoms with E-state index in [9.17, 15) is 0 Å². The average molecular weight is 373 g/mol. The molecule has 0 fully saturated rings. The van der Waals surface area contributed by atoms with Crippen LogP contribution in [-0.4, -0.2) is 7.11 Å². The largest absolute Gasteiger partial charge is 0.497 e. The van der Waals surface area contributed by atoms with Gasteiger partial charge in [-0.1, -0.05) is 27.5 Å². The molecule has 0 saturated carbocycles. The average Bonchev–Trinajstić information content (AvgIpc) is 2.79. The van der Waals surface area contributed by atoms with Crippen molar-refractivity contribution in [2.75, 3.05) is 12.4 Å². The van der Waals surface area contributed by atoms with Crippen LogP contribution in [0.15, 0.2) is 28.7 Å². The summed E-state index contributed by atoms with van der Waals surface area (Å²) in [4.78, 5) is 1.42. The van der Waals surface area contributed by atoms with Crippen LogP contribution in [-0.2, 0) is 6.42 Å². The molecule has 0 saturated heterocycles. The second kappa shape index (κ2) is 5.96. The van der Waals surface area contributed by atoms with E-state index in [4.69, 9.17) is 16.3 Å². The molecule has 3 rings (SSSR count). The van der Waals surface area contributed by atoms with Gasteiger partial charge in [0.25, 0.3) is 0 Å². The molecule has 1 unspecified atom stereocenters. The number of methoxy groups -OCH3 is 1. The number of hydrogen-bond donors (Lipinski definition) is 1. The molecule has 1 aromatic carbocycles. The number of aryl methyl sites for hydroxylation is 1. The van der Waals surface area contributed by atoms with Gasteiger partial charge in [-0.2, -0.15) is 0 Å². The van der Waals surface area contributed by atoms with Crippen molar-refractivity contribution in [1.82, 2.24) is 0 Å². The Bertz CT molecular complexity index is 628. The van der Waals surface area contributed by atoms with Crippen molar-refractivity contribution in [3.63, 3.8) is 0 Å². The first-order chi connectivity index (χ1) is 9.65. The Morgan fingerprint density at radius 1 is 1.35 bits per heavy atom. The van der Waals surface area contributed by atoms with E-state index in [2.05, 4.69) is 33.4 Å². The van der Waals surface area contributed by atoms with Crippen molar-refractivity contribution in [3.05, 3.63) is 43.5 Å². The first kappa shape index (κ1) is 14.2. The maximum atomic E-state index is 6.16. The number of ether oxygens (including phenoxy) is 1. The van der Waals surface area contributed by atoms with Crippen LogP contribution in [0.4, 0.5) is 5.69 Å². The highest BCUT2D eigenvalue weighted by atomic mass is 79.9. The Hall–Kier alpha value is -0.710. The van der Waals surface area contributed by atoms with Gasteiger partial charge in [-0.25, -0.2) is 0 Å². The molecule has 0 radical (unpaired) electrons. The van der Waals surface area contributed by atoms with Crippen LogP contribution < -0.4 is 10.1 Å². The lowest BCUT2D eigenvalue weighted by Crippen LogP contribution is -2.15. The van der Waals surface area contributed by atoms with Gasteiger partial charge < -0.3 is 10.1 Å². The minimum atomic E-state index is 0.335. The van der Waals surface area contributed by atoms with Gasteiger partial charge in [0.05, 0.1) is 17.5 Å². The molecule has 1 aromatic heterocycles. The summed E-state index contributed by atoms with van der Waals surface area (Å²) in [6.45, 7) is 0. The van der Waals surface area contributed by atoms with Crippen molar-refractivity contribution in [2.24, 2.45) is 0 Å². The number of anilines is 1. The van der Waals surface area contributed by atoms with E-state index in [-0.39, 0.29) is 0 Å². The fourth-order valence-electron chi connectivity index (χ4n) is 2.64. The summed E-state index contributed by atoms with van der Waals surface area (Å²) >= 11 is 11.4. The van der Waals surface area contributed by atoms with E-state index in [1.165, 1.54) is 16.9 Å².